The zero-order valence-corrected chi connectivity index (χ0v) is 30.7. The minimum absolute atomic E-state index is 0.0255. The maximum atomic E-state index is 2.74. The van der Waals surface area contributed by atoms with Crippen LogP contribution in [0.15, 0.2) is 133 Å². The van der Waals surface area contributed by atoms with Crippen LogP contribution in [0.3, 0.4) is 0 Å². The third kappa shape index (κ3) is 3.51. The highest BCUT2D eigenvalue weighted by molar-refractivity contribution is 6.94. The Morgan fingerprint density at radius 3 is 2.11 bits per heavy atom. The summed E-state index contributed by atoms with van der Waals surface area (Å²) >= 11 is 0. The third-order valence-corrected chi connectivity index (χ3v) is 12.9. The summed E-state index contributed by atoms with van der Waals surface area (Å²) in [6.45, 7) is 11.6. The quantitative estimate of drug-likeness (QED) is 0.157. The Bertz CT molecular complexity index is 3130. The lowest BCUT2D eigenvalue weighted by Gasteiger charge is -2.44. The Hall–Kier alpha value is -6.06. The molecule has 8 aromatic carbocycles. The molecule has 0 N–H and O–H groups in total. The van der Waals surface area contributed by atoms with Crippen molar-refractivity contribution >= 4 is 72.5 Å². The average molecular weight is 677 g/mol. The first-order valence-electron chi connectivity index (χ1n) is 19.0. The fourth-order valence-electron chi connectivity index (χ4n) is 10.8. The molecule has 0 radical (unpaired) electrons. The van der Waals surface area contributed by atoms with Gasteiger partial charge in [0.1, 0.15) is 0 Å². The van der Waals surface area contributed by atoms with Gasteiger partial charge in [-0.05, 0) is 93.9 Å². The minimum Gasteiger partial charge on any atom is -0.376 e. The molecule has 0 bridgehead atoms. The van der Waals surface area contributed by atoms with Gasteiger partial charge in [-0.15, -0.1) is 0 Å². The van der Waals surface area contributed by atoms with Gasteiger partial charge in [0.25, 0.3) is 0 Å². The molecule has 3 aliphatic rings. The van der Waals surface area contributed by atoms with Crippen molar-refractivity contribution in [2.45, 2.75) is 40.0 Å². The number of anilines is 2. The summed E-state index contributed by atoms with van der Waals surface area (Å²) in [5.74, 6) is 0. The van der Waals surface area contributed by atoms with Crippen molar-refractivity contribution in [1.82, 2.24) is 4.57 Å². The summed E-state index contributed by atoms with van der Waals surface area (Å²) < 4.78 is 2.64. The molecule has 3 heterocycles. The van der Waals surface area contributed by atoms with Crippen LogP contribution in [-0.2, 0) is 5.41 Å². The van der Waals surface area contributed by atoms with E-state index in [1.54, 1.807) is 0 Å². The number of benzene rings is 8. The second-order valence-corrected chi connectivity index (χ2v) is 16.3. The molecule has 0 spiro atoms. The van der Waals surface area contributed by atoms with E-state index in [0.29, 0.717) is 0 Å². The Morgan fingerprint density at radius 2 is 1.28 bits per heavy atom. The topological polar surface area (TPSA) is 8.17 Å². The molecule has 3 heteroatoms. The van der Waals surface area contributed by atoms with E-state index < -0.39 is 0 Å². The standard InChI is InChI=1S/C50H37BN2/c1-28-18-22-32(23-19-28)53-48-43(34-14-8-9-15-35(34)45-44(48)36-16-10-11-17-39(36)50(45,4)5)38-27-30(3)42-37-24-21-31-12-6-7-13-33(31)47(37)52-41-25-20-29(2)26-40(41)51(53)46(38)49(42)52/h6-27H,1-5H3. The van der Waals surface area contributed by atoms with E-state index in [1.165, 1.54) is 121 Å². The molecule has 2 aliphatic heterocycles. The van der Waals surface area contributed by atoms with Gasteiger partial charge in [0, 0.05) is 49.8 Å². The number of aromatic nitrogens is 1. The predicted octanol–water partition coefficient (Wildman–Crippen LogP) is 11.6. The van der Waals surface area contributed by atoms with Gasteiger partial charge < -0.3 is 9.38 Å². The van der Waals surface area contributed by atoms with Crippen molar-refractivity contribution in [3.8, 4) is 27.9 Å². The highest BCUT2D eigenvalue weighted by Gasteiger charge is 2.49. The molecule has 2 nitrogen and oxygen atoms in total. The molecule has 12 rings (SSSR count). The maximum absolute atomic E-state index is 2.74. The Kier molecular flexibility index (Phi) is 5.50. The Balaban J connectivity index is 1.38. The summed E-state index contributed by atoms with van der Waals surface area (Å²) in [7, 11) is 0. The molecule has 0 saturated carbocycles. The van der Waals surface area contributed by atoms with Crippen LogP contribution in [0.1, 0.15) is 41.7 Å². The van der Waals surface area contributed by atoms with Gasteiger partial charge in [0.05, 0.1) is 11.0 Å². The number of fused-ring (bicyclic) bond motifs is 17. The fourth-order valence-corrected chi connectivity index (χ4v) is 10.8. The summed E-state index contributed by atoms with van der Waals surface area (Å²) in [6.07, 6.45) is 0. The minimum atomic E-state index is -0.159. The highest BCUT2D eigenvalue weighted by Crippen LogP contribution is 2.60. The van der Waals surface area contributed by atoms with E-state index in [0.717, 1.165) is 0 Å². The molecule has 0 amide bonds. The Morgan fingerprint density at radius 1 is 0.566 bits per heavy atom. The first-order chi connectivity index (χ1) is 25.8. The van der Waals surface area contributed by atoms with Gasteiger partial charge in [0.2, 0.25) is 0 Å². The van der Waals surface area contributed by atoms with E-state index >= 15 is 0 Å². The van der Waals surface area contributed by atoms with Crippen molar-refractivity contribution in [1.29, 1.82) is 0 Å². The molecule has 1 aliphatic carbocycles. The second kappa shape index (κ2) is 9.88. The van der Waals surface area contributed by atoms with Crippen LogP contribution in [0, 0.1) is 20.8 Å². The molecule has 1 aromatic heterocycles. The van der Waals surface area contributed by atoms with E-state index in [1.807, 2.05) is 0 Å². The number of rotatable bonds is 1. The lowest BCUT2D eigenvalue weighted by Crippen LogP contribution is -2.60. The average Bonchev–Trinajstić information content (AvgIpc) is 3.65. The maximum Gasteiger partial charge on any atom is 0.333 e. The van der Waals surface area contributed by atoms with Crippen LogP contribution in [0.25, 0.3) is 71.3 Å². The summed E-state index contributed by atoms with van der Waals surface area (Å²) in [6, 6.07) is 51.0. The summed E-state index contributed by atoms with van der Waals surface area (Å²) in [5, 5.41) is 7.95. The van der Waals surface area contributed by atoms with Gasteiger partial charge in [-0.1, -0.05) is 140 Å². The van der Waals surface area contributed by atoms with Crippen LogP contribution < -0.4 is 15.7 Å². The summed E-state index contributed by atoms with van der Waals surface area (Å²) in [5.41, 5.74) is 21.3. The lowest BCUT2D eigenvalue weighted by molar-refractivity contribution is 0.666. The van der Waals surface area contributed by atoms with Gasteiger partial charge in [-0.2, -0.15) is 0 Å². The SMILES string of the molecule is Cc1ccc(N2B3c4cc(C)ccc4-n4c5c3c(cc(C)c5c3ccc5ccccc5c34)-c3c2c2c(c4ccccc34)C(C)(C)c3ccccc3-2)cc1. The van der Waals surface area contributed by atoms with E-state index in [9.17, 15) is 0 Å². The first kappa shape index (κ1) is 29.5. The highest BCUT2D eigenvalue weighted by atomic mass is 15.1. The number of aryl methyl sites for hydroxylation is 3. The van der Waals surface area contributed by atoms with Gasteiger partial charge >= 0.3 is 6.85 Å². The van der Waals surface area contributed by atoms with Gasteiger partial charge in [-0.3, -0.25) is 0 Å². The van der Waals surface area contributed by atoms with E-state index in [-0.39, 0.29) is 12.3 Å². The number of nitrogens with zero attached hydrogens (tertiary/aromatic N) is 2. The molecule has 9 aromatic rings. The predicted molar refractivity (Wildman–Crippen MR) is 227 cm³/mol. The van der Waals surface area contributed by atoms with Gasteiger partial charge in [0.15, 0.2) is 0 Å². The zero-order chi connectivity index (χ0) is 35.5. The third-order valence-electron chi connectivity index (χ3n) is 12.9. The lowest BCUT2D eigenvalue weighted by atomic mass is 9.43. The zero-order valence-electron chi connectivity index (χ0n) is 30.7. The van der Waals surface area contributed by atoms with Gasteiger partial charge in [-0.25, -0.2) is 0 Å². The van der Waals surface area contributed by atoms with Crippen molar-refractivity contribution in [3.63, 3.8) is 0 Å². The van der Waals surface area contributed by atoms with Crippen molar-refractivity contribution in [2.75, 3.05) is 4.81 Å². The molecule has 250 valence electrons. The molecular formula is C50H37BN2. The van der Waals surface area contributed by atoms with E-state index in [2.05, 4.69) is 177 Å². The van der Waals surface area contributed by atoms with Crippen LogP contribution in [-0.4, -0.2) is 11.4 Å². The van der Waals surface area contributed by atoms with Crippen molar-refractivity contribution < 1.29 is 0 Å². The number of hydrogen-bond donors (Lipinski definition) is 0. The molecule has 0 unspecified atom stereocenters. The van der Waals surface area contributed by atoms with Crippen molar-refractivity contribution in [3.05, 3.63) is 161 Å². The number of hydrogen-bond acceptors (Lipinski definition) is 1. The van der Waals surface area contributed by atoms with Crippen LogP contribution >= 0.6 is 0 Å². The Labute approximate surface area is 310 Å². The fraction of sp³-hybridized carbons (Fsp3) is 0.120. The van der Waals surface area contributed by atoms with E-state index in [4.69, 9.17) is 0 Å². The normalized spacial score (nSPS) is 14.6. The van der Waals surface area contributed by atoms with Crippen LogP contribution in [0.4, 0.5) is 11.4 Å². The van der Waals surface area contributed by atoms with Crippen LogP contribution in [0.2, 0.25) is 0 Å². The summed E-state index contributed by atoms with van der Waals surface area (Å²) in [4.78, 5) is 2.74. The first-order valence-corrected chi connectivity index (χ1v) is 19.0. The molecular weight excluding hydrogens is 639 g/mol. The monoisotopic (exact) mass is 676 g/mol. The van der Waals surface area contributed by atoms with Crippen LogP contribution in [0.5, 0.6) is 0 Å². The molecule has 0 fully saturated rings. The second-order valence-electron chi connectivity index (χ2n) is 16.3. The molecule has 0 saturated heterocycles. The molecule has 53 heavy (non-hydrogen) atoms. The molecule has 0 atom stereocenters. The largest absolute Gasteiger partial charge is 0.376 e. The smallest absolute Gasteiger partial charge is 0.333 e. The van der Waals surface area contributed by atoms with Crippen molar-refractivity contribution in [2.24, 2.45) is 0 Å².